The van der Waals surface area contributed by atoms with E-state index in [1.165, 1.54) is 11.1 Å². The van der Waals surface area contributed by atoms with Crippen molar-refractivity contribution in [3.63, 3.8) is 0 Å². The molecule has 2 aromatic rings. The van der Waals surface area contributed by atoms with Gasteiger partial charge < -0.3 is 0 Å². The Hall–Kier alpha value is -3.47. The van der Waals surface area contributed by atoms with Crippen LogP contribution in [0.1, 0.15) is 49.9 Å². The van der Waals surface area contributed by atoms with Crippen LogP contribution >= 0.6 is 0 Å². The molecule has 0 atom stereocenters. The molecule has 0 aliphatic rings. The number of benzene rings is 2. The van der Waals surface area contributed by atoms with Gasteiger partial charge in [0.05, 0.1) is 11.4 Å². The van der Waals surface area contributed by atoms with Crippen LogP contribution in [0.15, 0.2) is 70.9 Å². The van der Waals surface area contributed by atoms with Crippen LogP contribution in [-0.2, 0) is 0 Å². The number of hydrazone groups is 2. The molecule has 0 spiro atoms. The summed E-state index contributed by atoms with van der Waals surface area (Å²) in [6, 6.07) is 16.0. The summed E-state index contributed by atoms with van der Waals surface area (Å²) < 4.78 is 0. The fourth-order valence-corrected chi connectivity index (χ4v) is 2.69. The van der Waals surface area contributed by atoms with Crippen molar-refractivity contribution in [2.24, 2.45) is 22.0 Å². The Balaban J connectivity index is 2.01. The highest BCUT2D eigenvalue weighted by Gasteiger charge is 2.05. The number of allylic oxidation sites excluding steroid dienone is 2. The van der Waals surface area contributed by atoms with Crippen LogP contribution in [-0.4, -0.2) is 17.5 Å². The first kappa shape index (κ1) is 24.8. The Labute approximate surface area is 192 Å². The number of amides is 2. The molecular weight excluding hydrogens is 396 g/mol. The van der Waals surface area contributed by atoms with E-state index in [1.807, 2.05) is 52.0 Å². The van der Waals surface area contributed by atoms with Gasteiger partial charge in [0.2, 0.25) is 0 Å². The van der Waals surface area contributed by atoms with Gasteiger partial charge in [-0.15, -0.1) is 0 Å². The van der Waals surface area contributed by atoms with E-state index in [9.17, 15) is 4.79 Å². The molecule has 168 valence electrons. The predicted octanol–water partition coefficient (Wildman–Crippen LogP) is 6.35. The molecule has 5 heteroatoms. The number of urea groups is 1. The van der Waals surface area contributed by atoms with Crippen molar-refractivity contribution in [1.82, 2.24) is 10.9 Å². The lowest BCUT2D eigenvalue weighted by Crippen LogP contribution is -2.31. The first-order chi connectivity index (χ1) is 15.2. The zero-order valence-electron chi connectivity index (χ0n) is 19.9. The monoisotopic (exact) mass is 430 g/mol. The molecule has 2 amide bonds. The summed E-state index contributed by atoms with van der Waals surface area (Å²) in [4.78, 5) is 12.2. The second-order valence-electron chi connectivity index (χ2n) is 8.42. The van der Waals surface area contributed by atoms with Crippen LogP contribution in [0.4, 0.5) is 4.79 Å². The molecule has 0 saturated carbocycles. The number of rotatable bonds is 8. The number of nitrogens with one attached hydrogen (secondary N) is 2. The Morgan fingerprint density at radius 2 is 1.03 bits per heavy atom. The van der Waals surface area contributed by atoms with E-state index in [0.29, 0.717) is 0 Å². The number of carbonyl (C=O) groups excluding carboxylic acids is 1. The molecule has 2 aromatic carbocycles. The summed E-state index contributed by atoms with van der Waals surface area (Å²) >= 11 is 0. The van der Waals surface area contributed by atoms with Crippen molar-refractivity contribution in [1.29, 1.82) is 0 Å². The van der Waals surface area contributed by atoms with Crippen LogP contribution in [0, 0.1) is 25.7 Å². The van der Waals surface area contributed by atoms with E-state index in [2.05, 4.69) is 83.4 Å². The Kier molecular flexibility index (Phi) is 9.61. The molecule has 0 bridgehead atoms. The summed E-state index contributed by atoms with van der Waals surface area (Å²) in [7, 11) is 0. The van der Waals surface area contributed by atoms with Crippen molar-refractivity contribution in [2.45, 2.75) is 41.5 Å². The van der Waals surface area contributed by atoms with Gasteiger partial charge in [0.1, 0.15) is 0 Å². The highest BCUT2D eigenvalue weighted by Crippen LogP contribution is 2.08. The lowest BCUT2D eigenvalue weighted by molar-refractivity contribution is 0.241. The van der Waals surface area contributed by atoms with E-state index in [4.69, 9.17) is 0 Å². The third-order valence-corrected chi connectivity index (χ3v) is 4.80. The van der Waals surface area contributed by atoms with Gasteiger partial charge in [-0.25, -0.2) is 15.6 Å². The molecule has 2 N–H and O–H groups in total. The molecule has 32 heavy (non-hydrogen) atoms. The summed E-state index contributed by atoms with van der Waals surface area (Å²) in [5.74, 6) is 0.313. The van der Waals surface area contributed by atoms with Crippen molar-refractivity contribution in [2.75, 3.05) is 0 Å². The molecule has 0 aliphatic carbocycles. The molecule has 0 radical (unpaired) electrons. The third kappa shape index (κ3) is 8.72. The maximum absolute atomic E-state index is 12.2. The molecule has 5 nitrogen and oxygen atoms in total. The second kappa shape index (κ2) is 12.4. The first-order valence-corrected chi connectivity index (χ1v) is 10.9. The van der Waals surface area contributed by atoms with Crippen molar-refractivity contribution < 1.29 is 4.79 Å². The Bertz CT molecular complexity index is 913. The standard InChI is InChI=1S/C27H34N4O/c1-19(2)25(17-15-23-11-7-21(5)8-12-23)28-30-27(32)31-29-26(20(3)4)18-16-24-13-9-22(6)10-14-24/h7-20H,1-6H3,(H2,30,31,32)/b17-15-,18-16-,28-25-,29-26+. The fraction of sp³-hybridized carbons (Fsp3) is 0.296. The van der Waals surface area contributed by atoms with E-state index >= 15 is 0 Å². The molecule has 0 aliphatic heterocycles. The lowest BCUT2D eigenvalue weighted by atomic mass is 10.1. The lowest BCUT2D eigenvalue weighted by Gasteiger charge is -2.08. The van der Waals surface area contributed by atoms with Crippen LogP contribution in [0.3, 0.4) is 0 Å². The van der Waals surface area contributed by atoms with Crippen molar-refractivity contribution >= 4 is 29.6 Å². The minimum absolute atomic E-state index is 0.157. The molecular formula is C27H34N4O. The zero-order chi connectivity index (χ0) is 23.5. The number of carbonyl (C=O) groups is 1. The van der Waals surface area contributed by atoms with Gasteiger partial charge in [0.25, 0.3) is 0 Å². The second-order valence-corrected chi connectivity index (χ2v) is 8.42. The number of hydrogen-bond donors (Lipinski definition) is 2. The minimum atomic E-state index is -0.478. The molecule has 0 aromatic heterocycles. The van der Waals surface area contributed by atoms with Gasteiger partial charge in [-0.1, -0.05) is 99.5 Å². The van der Waals surface area contributed by atoms with Gasteiger partial charge in [-0.05, 0) is 49.0 Å². The summed E-state index contributed by atoms with van der Waals surface area (Å²) in [5, 5.41) is 8.52. The van der Waals surface area contributed by atoms with Crippen LogP contribution in [0.2, 0.25) is 0 Å². The highest BCUT2D eigenvalue weighted by atomic mass is 16.2. The molecule has 2 rings (SSSR count). The van der Waals surface area contributed by atoms with E-state index < -0.39 is 6.03 Å². The molecule has 0 unspecified atom stereocenters. The van der Waals surface area contributed by atoms with E-state index in [-0.39, 0.29) is 11.8 Å². The van der Waals surface area contributed by atoms with Crippen LogP contribution in [0.5, 0.6) is 0 Å². The van der Waals surface area contributed by atoms with Crippen LogP contribution in [0.25, 0.3) is 12.2 Å². The SMILES string of the molecule is Cc1ccc(/C=C\C(=N/NC(=O)N/N=C(/C=C\c2ccc(C)cc2)C(C)C)C(C)C)cc1. The average Bonchev–Trinajstić information content (AvgIpc) is 2.75. The van der Waals surface area contributed by atoms with Gasteiger partial charge >= 0.3 is 6.03 Å². The van der Waals surface area contributed by atoms with Crippen molar-refractivity contribution in [3.05, 3.63) is 82.9 Å². The van der Waals surface area contributed by atoms with Gasteiger partial charge in [0, 0.05) is 0 Å². The van der Waals surface area contributed by atoms with Crippen LogP contribution < -0.4 is 10.9 Å². The number of hydrogen-bond acceptors (Lipinski definition) is 3. The summed E-state index contributed by atoms with van der Waals surface area (Å²) in [6.45, 7) is 12.2. The summed E-state index contributed by atoms with van der Waals surface area (Å²) in [5.41, 5.74) is 11.2. The molecule has 0 heterocycles. The smallest absolute Gasteiger partial charge is 0.245 e. The van der Waals surface area contributed by atoms with E-state index in [0.717, 1.165) is 22.6 Å². The maximum atomic E-state index is 12.2. The Morgan fingerprint density at radius 1 is 0.688 bits per heavy atom. The largest absolute Gasteiger partial charge is 0.355 e. The molecule has 0 fully saturated rings. The first-order valence-electron chi connectivity index (χ1n) is 10.9. The van der Waals surface area contributed by atoms with Gasteiger partial charge in [-0.2, -0.15) is 10.2 Å². The minimum Gasteiger partial charge on any atom is -0.245 e. The van der Waals surface area contributed by atoms with Gasteiger partial charge in [-0.3, -0.25) is 0 Å². The maximum Gasteiger partial charge on any atom is 0.355 e. The van der Waals surface area contributed by atoms with Crippen molar-refractivity contribution in [3.8, 4) is 0 Å². The number of nitrogens with zero attached hydrogens (tertiary/aromatic N) is 2. The topological polar surface area (TPSA) is 65.8 Å². The van der Waals surface area contributed by atoms with E-state index in [1.54, 1.807) is 0 Å². The highest BCUT2D eigenvalue weighted by molar-refractivity contribution is 6.01. The zero-order valence-corrected chi connectivity index (χ0v) is 19.9. The summed E-state index contributed by atoms with van der Waals surface area (Å²) in [6.07, 6.45) is 7.82. The van der Waals surface area contributed by atoms with Gasteiger partial charge in [0.15, 0.2) is 0 Å². The number of aryl methyl sites for hydroxylation is 2. The third-order valence-electron chi connectivity index (χ3n) is 4.80. The average molecular weight is 431 g/mol. The normalized spacial score (nSPS) is 12.9. The quantitative estimate of drug-likeness (QED) is 0.372. The predicted molar refractivity (Wildman–Crippen MR) is 137 cm³/mol. The Morgan fingerprint density at radius 3 is 1.34 bits per heavy atom. The fourth-order valence-electron chi connectivity index (χ4n) is 2.69. The molecule has 0 saturated heterocycles.